The molecule has 0 radical (unpaired) electrons. The summed E-state index contributed by atoms with van der Waals surface area (Å²) in [6.45, 7) is -0.909. The lowest BCUT2D eigenvalue weighted by Crippen LogP contribution is -2.61. The molecule has 1 aliphatic heterocycles. The molecule has 11 heteroatoms. The molecule has 1 heterocycles. The number of hydrogen-bond acceptors (Lipinski definition) is 2. The van der Waals surface area contributed by atoms with Crippen molar-refractivity contribution in [3.05, 3.63) is 0 Å². The Balaban J connectivity index is 2.56. The monoisotopic (exact) mass is 362 g/mol. The van der Waals surface area contributed by atoms with Gasteiger partial charge in [0.1, 0.15) is 0 Å². The average Bonchev–Trinajstić information content (AvgIpc) is 2.43. The first-order valence-corrected chi connectivity index (χ1v) is 6.72. The van der Waals surface area contributed by atoms with Crippen LogP contribution in [-0.2, 0) is 9.47 Å². The summed E-state index contributed by atoms with van der Waals surface area (Å²) >= 11 is 0. The highest BCUT2D eigenvalue weighted by Crippen LogP contribution is 2.53. The molecular formula is C12H15F9O2. The second-order valence-corrected chi connectivity index (χ2v) is 5.16. The molecule has 0 aromatic carbocycles. The maximum Gasteiger partial charge on any atom is 0.460 e. The van der Waals surface area contributed by atoms with Gasteiger partial charge in [-0.25, -0.2) is 0 Å². The zero-order valence-corrected chi connectivity index (χ0v) is 11.7. The molecule has 0 spiro atoms. The highest BCUT2D eigenvalue weighted by Gasteiger charge is 2.81. The van der Waals surface area contributed by atoms with Crippen LogP contribution in [0, 0.1) is 0 Å². The molecular weight excluding hydrogens is 347 g/mol. The quantitative estimate of drug-likeness (QED) is 0.493. The van der Waals surface area contributed by atoms with Gasteiger partial charge in [0.05, 0.1) is 19.3 Å². The molecule has 0 saturated carbocycles. The highest BCUT2D eigenvalue weighted by molar-refractivity contribution is 5.00. The van der Waals surface area contributed by atoms with Crippen LogP contribution in [-0.4, -0.2) is 49.9 Å². The lowest BCUT2D eigenvalue weighted by atomic mass is 10.0. The molecule has 1 fully saturated rings. The van der Waals surface area contributed by atoms with Crippen LogP contribution in [0.5, 0.6) is 0 Å². The Morgan fingerprint density at radius 1 is 0.870 bits per heavy atom. The van der Waals surface area contributed by atoms with Crippen molar-refractivity contribution in [1.82, 2.24) is 0 Å². The average molecular weight is 362 g/mol. The third-order valence-corrected chi connectivity index (χ3v) is 3.35. The predicted octanol–water partition coefficient (Wildman–Crippen LogP) is 4.43. The number of hydrogen-bond donors (Lipinski definition) is 0. The summed E-state index contributed by atoms with van der Waals surface area (Å²) in [6.07, 6.45) is -7.06. The molecule has 0 aromatic rings. The number of rotatable bonds is 7. The second kappa shape index (κ2) is 7.04. The van der Waals surface area contributed by atoms with Gasteiger partial charge in [-0.05, 0) is 19.3 Å². The van der Waals surface area contributed by atoms with Gasteiger partial charge >= 0.3 is 23.9 Å². The molecule has 0 amide bonds. The largest absolute Gasteiger partial charge is 0.460 e. The van der Waals surface area contributed by atoms with E-state index in [-0.39, 0.29) is 6.61 Å². The summed E-state index contributed by atoms with van der Waals surface area (Å²) in [4.78, 5) is 0. The van der Waals surface area contributed by atoms with E-state index >= 15 is 0 Å². The minimum Gasteiger partial charge on any atom is -0.379 e. The van der Waals surface area contributed by atoms with Crippen LogP contribution in [0.4, 0.5) is 39.5 Å². The summed E-state index contributed by atoms with van der Waals surface area (Å²) < 4.78 is 123. The molecule has 0 aliphatic carbocycles. The van der Waals surface area contributed by atoms with Crippen molar-refractivity contribution in [3.63, 3.8) is 0 Å². The van der Waals surface area contributed by atoms with E-state index in [0.717, 1.165) is 12.8 Å². The number of ether oxygens (including phenoxy) is 2. The van der Waals surface area contributed by atoms with Gasteiger partial charge in [-0.2, -0.15) is 39.5 Å². The minimum atomic E-state index is -6.85. The van der Waals surface area contributed by atoms with Crippen molar-refractivity contribution in [3.8, 4) is 0 Å². The Hall–Kier alpha value is -0.710. The van der Waals surface area contributed by atoms with Crippen molar-refractivity contribution >= 4 is 0 Å². The lowest BCUT2D eigenvalue weighted by Gasteiger charge is -2.33. The fourth-order valence-corrected chi connectivity index (χ4v) is 1.92. The van der Waals surface area contributed by atoms with Crippen LogP contribution < -0.4 is 0 Å². The molecule has 2 nitrogen and oxygen atoms in total. The van der Waals surface area contributed by atoms with Crippen LogP contribution >= 0.6 is 0 Å². The fourth-order valence-electron chi connectivity index (χ4n) is 1.92. The molecule has 138 valence electrons. The summed E-state index contributed by atoms with van der Waals surface area (Å²) in [7, 11) is 0. The Bertz CT molecular complexity index is 375. The third kappa shape index (κ3) is 4.43. The van der Waals surface area contributed by atoms with Crippen LogP contribution in [0.3, 0.4) is 0 Å². The van der Waals surface area contributed by atoms with Gasteiger partial charge in [0, 0.05) is 13.0 Å². The molecule has 1 rings (SSSR count). The van der Waals surface area contributed by atoms with E-state index in [1.165, 1.54) is 0 Å². The molecule has 23 heavy (non-hydrogen) atoms. The first-order chi connectivity index (χ1) is 10.3. The molecule has 1 aliphatic rings. The first-order valence-electron chi connectivity index (χ1n) is 6.72. The van der Waals surface area contributed by atoms with Gasteiger partial charge in [0.15, 0.2) is 0 Å². The Morgan fingerprint density at radius 3 is 1.96 bits per heavy atom. The summed E-state index contributed by atoms with van der Waals surface area (Å²) in [5.41, 5.74) is 0. The van der Waals surface area contributed by atoms with Gasteiger partial charge in [-0.3, -0.25) is 0 Å². The van der Waals surface area contributed by atoms with E-state index in [9.17, 15) is 39.5 Å². The molecule has 1 unspecified atom stereocenters. The van der Waals surface area contributed by atoms with E-state index < -0.39 is 43.1 Å². The van der Waals surface area contributed by atoms with Crippen LogP contribution in [0.2, 0.25) is 0 Å². The van der Waals surface area contributed by atoms with Gasteiger partial charge in [-0.15, -0.1) is 0 Å². The maximum atomic E-state index is 13.2. The molecule has 0 bridgehead atoms. The van der Waals surface area contributed by atoms with Gasteiger partial charge < -0.3 is 9.47 Å². The SMILES string of the molecule is FC(F)(F)C(F)(F)C(F)(F)C(F)(F)CCOCC1CCCCO1. The normalized spacial score (nSPS) is 21.5. The third-order valence-electron chi connectivity index (χ3n) is 3.35. The Labute approximate surface area is 125 Å². The van der Waals surface area contributed by atoms with E-state index in [1.54, 1.807) is 0 Å². The highest BCUT2D eigenvalue weighted by atomic mass is 19.4. The van der Waals surface area contributed by atoms with Crippen molar-refractivity contribution < 1.29 is 49.0 Å². The first kappa shape index (κ1) is 20.3. The van der Waals surface area contributed by atoms with Crippen LogP contribution in [0.15, 0.2) is 0 Å². The summed E-state index contributed by atoms with van der Waals surface area (Å²) in [6, 6.07) is 0. The minimum absolute atomic E-state index is 0.225. The summed E-state index contributed by atoms with van der Waals surface area (Å²) in [5, 5.41) is 0. The fraction of sp³-hybridized carbons (Fsp3) is 1.00. The molecule has 0 aromatic heterocycles. The zero-order chi connectivity index (χ0) is 17.9. The Morgan fingerprint density at radius 2 is 1.48 bits per heavy atom. The molecule has 1 atom stereocenters. The van der Waals surface area contributed by atoms with Crippen molar-refractivity contribution in [2.45, 2.75) is 55.7 Å². The van der Waals surface area contributed by atoms with E-state index in [0.29, 0.717) is 13.0 Å². The van der Waals surface area contributed by atoms with Gasteiger partial charge in [0.2, 0.25) is 0 Å². The standard InChI is InChI=1S/C12H15F9O2/c13-9(14,10(15,16)11(17,18)12(19,20)21)4-6-22-7-8-3-1-2-5-23-8/h8H,1-7H2. The zero-order valence-electron chi connectivity index (χ0n) is 11.7. The molecule has 0 N–H and O–H groups in total. The van der Waals surface area contributed by atoms with Crippen LogP contribution in [0.25, 0.3) is 0 Å². The maximum absolute atomic E-state index is 13.2. The van der Waals surface area contributed by atoms with Crippen molar-refractivity contribution in [2.75, 3.05) is 19.8 Å². The van der Waals surface area contributed by atoms with Gasteiger partial charge in [-0.1, -0.05) is 0 Å². The lowest BCUT2D eigenvalue weighted by molar-refractivity contribution is -0.397. The van der Waals surface area contributed by atoms with E-state index in [2.05, 4.69) is 4.74 Å². The van der Waals surface area contributed by atoms with E-state index in [1.807, 2.05) is 0 Å². The van der Waals surface area contributed by atoms with Crippen LogP contribution in [0.1, 0.15) is 25.7 Å². The predicted molar refractivity (Wildman–Crippen MR) is 59.9 cm³/mol. The Kier molecular flexibility index (Phi) is 6.22. The second-order valence-electron chi connectivity index (χ2n) is 5.16. The number of alkyl halides is 9. The molecule has 1 saturated heterocycles. The summed E-state index contributed by atoms with van der Waals surface area (Å²) in [5.74, 6) is -19.0. The van der Waals surface area contributed by atoms with Crippen molar-refractivity contribution in [1.29, 1.82) is 0 Å². The van der Waals surface area contributed by atoms with Gasteiger partial charge in [0.25, 0.3) is 0 Å². The van der Waals surface area contributed by atoms with Crippen molar-refractivity contribution in [2.24, 2.45) is 0 Å². The topological polar surface area (TPSA) is 18.5 Å². The van der Waals surface area contributed by atoms with E-state index in [4.69, 9.17) is 4.74 Å². The smallest absolute Gasteiger partial charge is 0.379 e. The number of halogens is 9.